The highest BCUT2D eigenvalue weighted by atomic mass is 32.2. The van der Waals surface area contributed by atoms with Gasteiger partial charge in [0, 0.05) is 24.7 Å². The molecule has 20 heavy (non-hydrogen) atoms. The number of aromatic nitrogens is 2. The fourth-order valence-electron chi connectivity index (χ4n) is 2.52. The average molecular weight is 314 g/mol. The number of fused-ring (bicyclic) bond motifs is 1. The van der Waals surface area contributed by atoms with Crippen molar-refractivity contribution in [1.82, 2.24) is 14.1 Å². The zero-order valence-corrected chi connectivity index (χ0v) is 13.1. The second-order valence-corrected chi connectivity index (χ2v) is 7.59. The molecule has 2 unspecified atom stereocenters. The Bertz CT molecular complexity index is 719. The summed E-state index contributed by atoms with van der Waals surface area (Å²) in [4.78, 5) is 4.97. The summed E-state index contributed by atoms with van der Waals surface area (Å²) in [7, 11) is -1.87. The number of nitrogens with zero attached hydrogens (tertiary/aromatic N) is 2. The minimum atomic E-state index is -3.55. The number of thiazole rings is 1. The molecule has 1 fully saturated rings. The van der Waals surface area contributed by atoms with E-state index in [9.17, 15) is 8.42 Å². The molecule has 0 spiro atoms. The number of rotatable bonds is 6. The molecule has 0 radical (unpaired) electrons. The van der Waals surface area contributed by atoms with Crippen molar-refractivity contribution < 1.29 is 8.42 Å². The maximum atomic E-state index is 12.6. The van der Waals surface area contributed by atoms with Gasteiger partial charge < -0.3 is 5.32 Å². The van der Waals surface area contributed by atoms with Crippen LogP contribution in [-0.4, -0.2) is 30.9 Å². The van der Waals surface area contributed by atoms with Crippen molar-refractivity contribution in [2.24, 2.45) is 5.92 Å². The molecule has 0 saturated heterocycles. The van der Waals surface area contributed by atoms with Crippen LogP contribution in [0.4, 0.5) is 5.82 Å². The Balaban J connectivity index is 1.91. The summed E-state index contributed by atoms with van der Waals surface area (Å²) in [6.45, 7) is 2.12. The Hall–Kier alpha value is -1.12. The van der Waals surface area contributed by atoms with Crippen LogP contribution in [0.15, 0.2) is 16.6 Å². The molecule has 2 aromatic heterocycles. The first-order valence-corrected chi connectivity index (χ1v) is 9.08. The molecule has 2 aromatic rings. The molecular weight excluding hydrogens is 296 g/mol. The summed E-state index contributed by atoms with van der Waals surface area (Å²) in [6, 6.07) is 0.0776. The Kier molecular flexibility index (Phi) is 3.47. The van der Waals surface area contributed by atoms with E-state index in [1.54, 1.807) is 17.6 Å². The van der Waals surface area contributed by atoms with E-state index < -0.39 is 10.0 Å². The molecule has 1 aliphatic carbocycles. The third kappa shape index (κ3) is 2.32. The van der Waals surface area contributed by atoms with Crippen molar-refractivity contribution in [3.63, 3.8) is 0 Å². The number of nitrogens with one attached hydrogen (secondary N) is 2. The van der Waals surface area contributed by atoms with Gasteiger partial charge in [-0.2, -0.15) is 0 Å². The molecule has 2 atom stereocenters. The summed E-state index contributed by atoms with van der Waals surface area (Å²) in [5.74, 6) is 0.885. The molecule has 1 aliphatic rings. The predicted molar refractivity (Wildman–Crippen MR) is 79.7 cm³/mol. The molecule has 1 saturated carbocycles. The SMILES string of the molecule is CCCC1CC1NS(=O)(=O)c1c(NC)nc2sccn12. The van der Waals surface area contributed by atoms with Gasteiger partial charge in [-0.1, -0.05) is 13.3 Å². The van der Waals surface area contributed by atoms with Crippen LogP contribution in [0.25, 0.3) is 4.96 Å². The van der Waals surface area contributed by atoms with E-state index in [1.165, 1.54) is 11.3 Å². The zero-order valence-electron chi connectivity index (χ0n) is 11.5. The second kappa shape index (κ2) is 5.01. The maximum absolute atomic E-state index is 12.6. The number of anilines is 1. The van der Waals surface area contributed by atoms with Gasteiger partial charge in [0.05, 0.1) is 0 Å². The predicted octanol–water partition coefficient (Wildman–Crippen LogP) is 1.90. The molecule has 8 heteroatoms. The lowest BCUT2D eigenvalue weighted by atomic mass is 10.2. The first-order chi connectivity index (χ1) is 9.56. The van der Waals surface area contributed by atoms with Crippen LogP contribution in [0.2, 0.25) is 0 Å². The summed E-state index contributed by atoms with van der Waals surface area (Å²) in [5.41, 5.74) is 0. The topological polar surface area (TPSA) is 75.5 Å². The van der Waals surface area contributed by atoms with Crippen molar-refractivity contribution >= 4 is 32.1 Å². The standard InChI is InChI=1S/C12H18N4O2S2/c1-3-4-8-7-9(8)15-20(17,18)11-10(13-2)14-12-16(11)5-6-19-12/h5-6,8-9,13,15H,3-4,7H2,1-2H3. The molecule has 0 amide bonds. The lowest BCUT2D eigenvalue weighted by molar-refractivity contribution is 0.569. The Morgan fingerprint density at radius 1 is 1.55 bits per heavy atom. The molecule has 2 N–H and O–H groups in total. The van der Waals surface area contributed by atoms with E-state index >= 15 is 0 Å². The van der Waals surface area contributed by atoms with Crippen LogP contribution in [0, 0.1) is 5.92 Å². The monoisotopic (exact) mass is 314 g/mol. The molecule has 3 rings (SSSR count). The first kappa shape index (κ1) is 13.8. The Morgan fingerprint density at radius 3 is 3.05 bits per heavy atom. The molecule has 110 valence electrons. The minimum absolute atomic E-state index is 0.0776. The zero-order chi connectivity index (χ0) is 14.3. The minimum Gasteiger partial charge on any atom is -0.371 e. The van der Waals surface area contributed by atoms with Crippen LogP contribution in [0.1, 0.15) is 26.2 Å². The van der Waals surface area contributed by atoms with Crippen molar-refractivity contribution in [2.75, 3.05) is 12.4 Å². The second-order valence-electron chi connectivity index (χ2n) is 5.08. The lowest BCUT2D eigenvalue weighted by Gasteiger charge is -2.07. The van der Waals surface area contributed by atoms with Crippen LogP contribution in [0.5, 0.6) is 0 Å². The smallest absolute Gasteiger partial charge is 0.260 e. The Morgan fingerprint density at radius 2 is 2.35 bits per heavy atom. The maximum Gasteiger partial charge on any atom is 0.260 e. The highest BCUT2D eigenvalue weighted by molar-refractivity contribution is 7.89. The van der Waals surface area contributed by atoms with E-state index in [2.05, 4.69) is 21.9 Å². The molecule has 6 nitrogen and oxygen atoms in total. The van der Waals surface area contributed by atoms with E-state index in [0.29, 0.717) is 16.7 Å². The molecule has 0 aliphatic heterocycles. The molecular formula is C12H18N4O2S2. The number of imidazole rings is 1. The highest BCUT2D eigenvalue weighted by Gasteiger charge is 2.40. The van der Waals surface area contributed by atoms with Gasteiger partial charge >= 0.3 is 0 Å². The van der Waals surface area contributed by atoms with Crippen LogP contribution < -0.4 is 10.0 Å². The van der Waals surface area contributed by atoms with Crippen LogP contribution >= 0.6 is 11.3 Å². The fourth-order valence-corrected chi connectivity index (χ4v) is 4.90. The fraction of sp³-hybridized carbons (Fsp3) is 0.583. The van der Waals surface area contributed by atoms with Gasteiger partial charge in [-0.25, -0.2) is 18.1 Å². The number of hydrogen-bond donors (Lipinski definition) is 2. The van der Waals surface area contributed by atoms with Gasteiger partial charge in [-0.05, 0) is 18.8 Å². The van der Waals surface area contributed by atoms with E-state index in [1.807, 2.05) is 5.38 Å². The third-order valence-corrected chi connectivity index (χ3v) is 5.87. The highest BCUT2D eigenvalue weighted by Crippen LogP contribution is 2.36. The number of sulfonamides is 1. The van der Waals surface area contributed by atoms with E-state index in [0.717, 1.165) is 19.3 Å². The van der Waals surface area contributed by atoms with Gasteiger partial charge in [0.15, 0.2) is 15.8 Å². The van der Waals surface area contributed by atoms with Gasteiger partial charge in [0.2, 0.25) is 0 Å². The van der Waals surface area contributed by atoms with Gasteiger partial charge in [-0.15, -0.1) is 11.3 Å². The molecule has 2 heterocycles. The quantitative estimate of drug-likeness (QED) is 0.854. The van der Waals surface area contributed by atoms with Crippen molar-refractivity contribution in [3.05, 3.63) is 11.6 Å². The van der Waals surface area contributed by atoms with Crippen LogP contribution in [-0.2, 0) is 10.0 Å². The molecule has 0 aromatic carbocycles. The lowest BCUT2D eigenvalue weighted by Crippen LogP contribution is -2.28. The number of hydrogen-bond acceptors (Lipinski definition) is 5. The summed E-state index contributed by atoms with van der Waals surface area (Å²) in [6.07, 6.45) is 4.84. The molecule has 0 bridgehead atoms. The summed E-state index contributed by atoms with van der Waals surface area (Å²) in [5, 5.41) is 4.90. The van der Waals surface area contributed by atoms with E-state index in [4.69, 9.17) is 0 Å². The van der Waals surface area contributed by atoms with Gasteiger partial charge in [0.25, 0.3) is 10.0 Å². The van der Waals surface area contributed by atoms with Crippen molar-refractivity contribution in [1.29, 1.82) is 0 Å². The average Bonchev–Trinajstić information content (AvgIpc) is 2.83. The van der Waals surface area contributed by atoms with Crippen LogP contribution in [0.3, 0.4) is 0 Å². The van der Waals surface area contributed by atoms with Gasteiger partial charge in [-0.3, -0.25) is 4.40 Å². The Labute approximate surface area is 122 Å². The largest absolute Gasteiger partial charge is 0.371 e. The first-order valence-electron chi connectivity index (χ1n) is 6.72. The summed E-state index contributed by atoms with van der Waals surface area (Å²) < 4.78 is 29.6. The summed E-state index contributed by atoms with van der Waals surface area (Å²) >= 11 is 1.42. The van der Waals surface area contributed by atoms with Crippen molar-refractivity contribution in [2.45, 2.75) is 37.3 Å². The van der Waals surface area contributed by atoms with Crippen molar-refractivity contribution in [3.8, 4) is 0 Å². The normalized spacial score (nSPS) is 22.3. The van der Waals surface area contributed by atoms with Gasteiger partial charge in [0.1, 0.15) is 0 Å². The van der Waals surface area contributed by atoms with E-state index in [-0.39, 0.29) is 11.1 Å². The third-order valence-electron chi connectivity index (χ3n) is 3.60.